The van der Waals surface area contributed by atoms with E-state index in [4.69, 9.17) is 4.42 Å². The fourth-order valence-electron chi connectivity index (χ4n) is 4.75. The first-order chi connectivity index (χ1) is 15.0. The maximum absolute atomic E-state index is 13.5. The number of thiazole rings is 1. The van der Waals surface area contributed by atoms with Crippen molar-refractivity contribution in [2.24, 2.45) is 5.92 Å². The molecule has 1 aliphatic rings. The first-order valence-corrected chi connectivity index (χ1v) is 11.8. The maximum atomic E-state index is 13.5. The molecule has 2 aromatic heterocycles. The zero-order valence-corrected chi connectivity index (χ0v) is 18.7. The summed E-state index contributed by atoms with van der Waals surface area (Å²) in [6, 6.07) is 9.58. The first-order valence-electron chi connectivity index (χ1n) is 11.0. The summed E-state index contributed by atoms with van der Waals surface area (Å²) < 4.78 is 7.04. The minimum absolute atomic E-state index is 0.0246. The molecule has 160 valence electrons. The van der Waals surface area contributed by atoms with Gasteiger partial charge in [-0.15, -0.1) is 11.3 Å². The number of benzene rings is 2. The third kappa shape index (κ3) is 3.64. The minimum Gasteiger partial charge on any atom is -0.872 e. The predicted octanol–water partition coefficient (Wildman–Crippen LogP) is 3.52. The Hall–Kier alpha value is -2.70. The summed E-state index contributed by atoms with van der Waals surface area (Å²) >= 11 is 1.48. The molecule has 0 bridgehead atoms. The van der Waals surface area contributed by atoms with Crippen LogP contribution in [-0.2, 0) is 13.0 Å². The van der Waals surface area contributed by atoms with Crippen LogP contribution in [0.25, 0.3) is 31.8 Å². The number of nitrogens with one attached hydrogen (secondary N) is 1. The molecule has 3 heterocycles. The lowest BCUT2D eigenvalue weighted by molar-refractivity contribution is -0.922. The number of likely N-dealkylation sites (tertiary alicyclic amines) is 1. The van der Waals surface area contributed by atoms with Crippen LogP contribution in [0.2, 0.25) is 0 Å². The third-order valence-corrected chi connectivity index (χ3v) is 7.45. The number of rotatable bonds is 4. The average molecular weight is 435 g/mol. The van der Waals surface area contributed by atoms with Gasteiger partial charge in [0.05, 0.1) is 34.3 Å². The van der Waals surface area contributed by atoms with E-state index in [-0.39, 0.29) is 11.2 Å². The van der Waals surface area contributed by atoms with Crippen LogP contribution in [0.15, 0.2) is 45.8 Å². The Morgan fingerprint density at radius 3 is 2.94 bits per heavy atom. The van der Waals surface area contributed by atoms with Crippen molar-refractivity contribution in [2.75, 3.05) is 13.1 Å². The SMILES string of the molecule is CCc1cc2c(=O)c(-c3nc4ccccc4s3)coc2c(C[NH+]2CCCC(C)C2)c1[O-]. The van der Waals surface area contributed by atoms with Crippen molar-refractivity contribution in [3.05, 3.63) is 57.9 Å². The molecule has 2 unspecified atom stereocenters. The highest BCUT2D eigenvalue weighted by atomic mass is 32.1. The summed E-state index contributed by atoms with van der Waals surface area (Å²) in [5.41, 5.74) is 2.99. The number of nitrogens with zero attached hydrogens (tertiary/aromatic N) is 1. The van der Waals surface area contributed by atoms with Crippen molar-refractivity contribution in [2.45, 2.75) is 39.7 Å². The Bertz CT molecular complexity index is 1290. The topological polar surface area (TPSA) is 70.6 Å². The molecule has 5 rings (SSSR count). The molecular weight excluding hydrogens is 408 g/mol. The number of quaternary nitrogens is 1. The molecule has 1 aliphatic heterocycles. The number of para-hydroxylation sites is 1. The first kappa shape index (κ1) is 20.2. The van der Waals surface area contributed by atoms with Crippen LogP contribution in [0, 0.1) is 5.92 Å². The molecule has 5 nitrogen and oxygen atoms in total. The van der Waals surface area contributed by atoms with Gasteiger partial charge in [0.1, 0.15) is 23.4 Å². The summed E-state index contributed by atoms with van der Waals surface area (Å²) in [5, 5.41) is 14.3. The van der Waals surface area contributed by atoms with Gasteiger partial charge in [0.15, 0.2) is 0 Å². The van der Waals surface area contributed by atoms with Crippen LogP contribution < -0.4 is 15.4 Å². The van der Waals surface area contributed by atoms with E-state index in [2.05, 4.69) is 11.9 Å². The van der Waals surface area contributed by atoms with Crippen LogP contribution in [0.3, 0.4) is 0 Å². The molecule has 6 heteroatoms. The third-order valence-electron chi connectivity index (χ3n) is 6.38. The predicted molar refractivity (Wildman–Crippen MR) is 123 cm³/mol. The van der Waals surface area contributed by atoms with Crippen molar-refractivity contribution in [3.63, 3.8) is 0 Å². The van der Waals surface area contributed by atoms with E-state index in [0.29, 0.717) is 51.6 Å². The Morgan fingerprint density at radius 2 is 2.16 bits per heavy atom. The van der Waals surface area contributed by atoms with Crippen molar-refractivity contribution >= 4 is 32.5 Å². The number of aromatic nitrogens is 1. The highest BCUT2D eigenvalue weighted by molar-refractivity contribution is 7.21. The van der Waals surface area contributed by atoms with Gasteiger partial charge in [0.25, 0.3) is 0 Å². The van der Waals surface area contributed by atoms with Gasteiger partial charge in [0, 0.05) is 11.5 Å². The average Bonchev–Trinajstić information content (AvgIpc) is 3.20. The van der Waals surface area contributed by atoms with Crippen LogP contribution in [0.1, 0.15) is 37.8 Å². The van der Waals surface area contributed by atoms with E-state index in [1.54, 1.807) is 6.07 Å². The van der Waals surface area contributed by atoms with Gasteiger partial charge in [-0.1, -0.05) is 37.3 Å². The van der Waals surface area contributed by atoms with E-state index >= 15 is 0 Å². The Labute approximate surface area is 185 Å². The van der Waals surface area contributed by atoms with Crippen LogP contribution >= 0.6 is 11.3 Å². The van der Waals surface area contributed by atoms with Gasteiger partial charge in [-0.25, -0.2) is 4.98 Å². The van der Waals surface area contributed by atoms with Crippen LogP contribution in [0.5, 0.6) is 5.75 Å². The van der Waals surface area contributed by atoms with Gasteiger partial charge < -0.3 is 14.4 Å². The van der Waals surface area contributed by atoms with E-state index < -0.39 is 0 Å². The fourth-order valence-corrected chi connectivity index (χ4v) is 5.72. The summed E-state index contributed by atoms with van der Waals surface area (Å²) in [5.74, 6) is 0.675. The zero-order chi connectivity index (χ0) is 21.5. The van der Waals surface area contributed by atoms with Gasteiger partial charge >= 0.3 is 0 Å². The summed E-state index contributed by atoms with van der Waals surface area (Å²) in [6.07, 6.45) is 4.50. The second kappa shape index (κ2) is 8.09. The number of fused-ring (bicyclic) bond motifs is 2. The number of hydrogen-bond donors (Lipinski definition) is 1. The standard InChI is InChI=1S/C25H26N2O3S/c1-3-16-11-17-23(29)19(25-26-20-8-4-5-9-21(20)31-25)14-30-24(17)18(22(16)28)13-27-10-6-7-15(2)12-27/h4-5,8-9,11,14-15,28H,3,6-7,10,12-13H2,1-2H3. The Morgan fingerprint density at radius 1 is 1.32 bits per heavy atom. The largest absolute Gasteiger partial charge is 0.872 e. The number of aryl methyl sites for hydroxylation is 1. The quantitative estimate of drug-likeness (QED) is 0.534. The van der Waals surface area contributed by atoms with E-state index in [0.717, 1.165) is 23.3 Å². The lowest BCUT2D eigenvalue weighted by atomic mass is 9.97. The molecule has 4 aromatic rings. The lowest BCUT2D eigenvalue weighted by Gasteiger charge is -2.30. The van der Waals surface area contributed by atoms with Crippen molar-refractivity contribution < 1.29 is 14.4 Å². The molecule has 1 N–H and O–H groups in total. The number of piperidine rings is 1. The van der Waals surface area contributed by atoms with Crippen molar-refractivity contribution in [1.29, 1.82) is 0 Å². The molecular formula is C25H26N2O3S. The van der Waals surface area contributed by atoms with E-state index in [9.17, 15) is 9.90 Å². The summed E-state index contributed by atoms with van der Waals surface area (Å²) in [6.45, 7) is 6.93. The van der Waals surface area contributed by atoms with Gasteiger partial charge in [0.2, 0.25) is 5.43 Å². The monoisotopic (exact) mass is 434 g/mol. The van der Waals surface area contributed by atoms with E-state index in [1.807, 2.05) is 31.2 Å². The maximum Gasteiger partial charge on any atom is 0.202 e. The minimum atomic E-state index is -0.113. The molecule has 0 spiro atoms. The summed E-state index contributed by atoms with van der Waals surface area (Å²) in [4.78, 5) is 19.5. The normalized spacial score (nSPS) is 19.3. The highest BCUT2D eigenvalue weighted by Gasteiger charge is 2.23. The van der Waals surface area contributed by atoms with E-state index in [1.165, 1.54) is 35.3 Å². The molecule has 0 radical (unpaired) electrons. The van der Waals surface area contributed by atoms with Crippen LogP contribution in [0.4, 0.5) is 0 Å². The molecule has 0 amide bonds. The number of hydrogen-bond acceptors (Lipinski definition) is 5. The highest BCUT2D eigenvalue weighted by Crippen LogP contribution is 2.32. The van der Waals surface area contributed by atoms with Crippen molar-refractivity contribution in [1.82, 2.24) is 4.98 Å². The second-order valence-corrected chi connectivity index (χ2v) is 9.70. The summed E-state index contributed by atoms with van der Waals surface area (Å²) in [7, 11) is 0. The molecule has 2 aromatic carbocycles. The lowest BCUT2D eigenvalue weighted by Crippen LogP contribution is -3.12. The smallest absolute Gasteiger partial charge is 0.202 e. The second-order valence-electron chi connectivity index (χ2n) is 8.67. The molecule has 31 heavy (non-hydrogen) atoms. The Kier molecular flexibility index (Phi) is 5.28. The fraction of sp³-hybridized carbons (Fsp3) is 0.360. The molecule has 2 atom stereocenters. The van der Waals surface area contributed by atoms with Gasteiger partial charge in [-0.3, -0.25) is 4.79 Å². The molecule has 1 saturated heterocycles. The van der Waals surface area contributed by atoms with Crippen molar-refractivity contribution in [3.8, 4) is 16.3 Å². The zero-order valence-electron chi connectivity index (χ0n) is 17.9. The molecule has 1 fully saturated rings. The Balaban J connectivity index is 1.65. The van der Waals surface area contributed by atoms with Gasteiger partial charge in [-0.2, -0.15) is 0 Å². The van der Waals surface area contributed by atoms with Crippen LogP contribution in [-0.4, -0.2) is 18.1 Å². The van der Waals surface area contributed by atoms with Gasteiger partial charge in [-0.05, 0) is 37.5 Å². The molecule has 0 saturated carbocycles. The molecule has 0 aliphatic carbocycles.